The van der Waals surface area contributed by atoms with Crippen LogP contribution in [0, 0.1) is 21.0 Å². The summed E-state index contributed by atoms with van der Waals surface area (Å²) in [6.45, 7) is 0. The van der Waals surface area contributed by atoms with Crippen molar-refractivity contribution >= 4 is 34.2 Å². The number of nitrogens with one attached hydrogen (secondary N) is 1. The molecule has 20 heavy (non-hydrogen) atoms. The van der Waals surface area contributed by atoms with Crippen molar-refractivity contribution in [2.45, 2.75) is 0 Å². The Kier molecular flexibility index (Phi) is 4.17. The Morgan fingerprint density at radius 1 is 1.10 bits per heavy atom. The molecule has 0 atom stereocenters. The number of phenols is 1. The molecule has 2 aromatic rings. The second-order valence-corrected chi connectivity index (χ2v) is 5.03. The summed E-state index contributed by atoms with van der Waals surface area (Å²) in [5.74, 6) is -4.46. The topological polar surface area (TPSA) is 49.3 Å². The zero-order valence-electron chi connectivity index (χ0n) is 9.75. The molecule has 2 aromatic carbocycles. The molecule has 0 aliphatic heterocycles. The third-order valence-electron chi connectivity index (χ3n) is 2.45. The van der Waals surface area contributed by atoms with Gasteiger partial charge in [0.1, 0.15) is 17.3 Å². The number of carbonyl (C=O) groups is 1. The fourth-order valence-corrected chi connectivity index (χ4v) is 1.84. The molecule has 0 aliphatic carbocycles. The largest absolute Gasteiger partial charge is 0.507 e. The fourth-order valence-electron chi connectivity index (χ4n) is 1.50. The summed E-state index contributed by atoms with van der Waals surface area (Å²) in [5, 5.41) is 11.5. The van der Waals surface area contributed by atoms with Crippen LogP contribution in [0.4, 0.5) is 18.9 Å². The maximum atomic E-state index is 13.4. The SMILES string of the molecule is O=C(Nc1c(F)cc(F)cc1F)c1ccc(I)c(O)c1. The van der Waals surface area contributed by atoms with Gasteiger partial charge in [0.25, 0.3) is 5.91 Å². The molecule has 1 amide bonds. The van der Waals surface area contributed by atoms with Crippen molar-refractivity contribution in [3.63, 3.8) is 0 Å². The molecule has 0 aromatic heterocycles. The van der Waals surface area contributed by atoms with Crippen LogP contribution in [0.15, 0.2) is 30.3 Å². The van der Waals surface area contributed by atoms with E-state index in [4.69, 9.17) is 0 Å². The van der Waals surface area contributed by atoms with Crippen molar-refractivity contribution in [2.75, 3.05) is 5.32 Å². The predicted octanol–water partition coefficient (Wildman–Crippen LogP) is 3.67. The van der Waals surface area contributed by atoms with Crippen LogP contribution in [0.2, 0.25) is 0 Å². The van der Waals surface area contributed by atoms with E-state index in [1.165, 1.54) is 12.1 Å². The van der Waals surface area contributed by atoms with Crippen molar-refractivity contribution in [3.8, 4) is 5.75 Å². The molecule has 104 valence electrons. The minimum absolute atomic E-state index is 0.0195. The van der Waals surface area contributed by atoms with Gasteiger partial charge in [-0.2, -0.15) is 0 Å². The van der Waals surface area contributed by atoms with E-state index in [1.54, 1.807) is 0 Å². The molecule has 2 rings (SSSR count). The molecule has 0 fully saturated rings. The molecule has 0 unspecified atom stereocenters. The van der Waals surface area contributed by atoms with Crippen LogP contribution in [0.3, 0.4) is 0 Å². The van der Waals surface area contributed by atoms with Gasteiger partial charge in [-0.05, 0) is 40.8 Å². The average molecular weight is 393 g/mol. The smallest absolute Gasteiger partial charge is 0.255 e. The highest BCUT2D eigenvalue weighted by atomic mass is 127. The van der Waals surface area contributed by atoms with Gasteiger partial charge in [0.05, 0.1) is 3.57 Å². The first-order chi connectivity index (χ1) is 9.38. The Morgan fingerprint density at radius 3 is 2.25 bits per heavy atom. The summed E-state index contributed by atoms with van der Waals surface area (Å²) in [6, 6.07) is 4.95. The second-order valence-electron chi connectivity index (χ2n) is 3.86. The highest BCUT2D eigenvalue weighted by molar-refractivity contribution is 14.1. The number of hydrogen-bond acceptors (Lipinski definition) is 2. The number of carbonyl (C=O) groups excluding carboxylic acids is 1. The molecule has 0 aliphatic rings. The Hall–Kier alpha value is -1.77. The van der Waals surface area contributed by atoms with Gasteiger partial charge < -0.3 is 10.4 Å². The quantitative estimate of drug-likeness (QED) is 0.766. The van der Waals surface area contributed by atoms with Crippen LogP contribution in [0.25, 0.3) is 0 Å². The summed E-state index contributed by atoms with van der Waals surface area (Å²) in [6.07, 6.45) is 0. The number of hydrogen-bond donors (Lipinski definition) is 2. The van der Waals surface area contributed by atoms with E-state index in [0.29, 0.717) is 15.7 Å². The number of phenolic OH excluding ortho intramolecular Hbond substituents is 1. The number of benzene rings is 2. The van der Waals surface area contributed by atoms with E-state index in [0.717, 1.165) is 6.07 Å². The number of rotatable bonds is 2. The van der Waals surface area contributed by atoms with Crippen molar-refractivity contribution in [2.24, 2.45) is 0 Å². The standard InChI is InChI=1S/C13H7F3INO2/c14-7-4-8(15)12(9(16)5-7)18-13(20)6-1-2-10(17)11(19)3-6/h1-5,19H,(H,18,20). The Labute approximate surface area is 125 Å². The molecule has 0 spiro atoms. The highest BCUT2D eigenvalue weighted by Gasteiger charge is 2.16. The van der Waals surface area contributed by atoms with Gasteiger partial charge in [0.15, 0.2) is 11.6 Å². The lowest BCUT2D eigenvalue weighted by Crippen LogP contribution is -2.14. The van der Waals surface area contributed by atoms with E-state index < -0.39 is 29.0 Å². The zero-order chi connectivity index (χ0) is 14.9. The van der Waals surface area contributed by atoms with Gasteiger partial charge >= 0.3 is 0 Å². The summed E-state index contributed by atoms with van der Waals surface area (Å²) in [7, 11) is 0. The van der Waals surface area contributed by atoms with Gasteiger partial charge in [0, 0.05) is 17.7 Å². The molecule has 0 saturated heterocycles. The first-order valence-electron chi connectivity index (χ1n) is 5.33. The molecular weight excluding hydrogens is 386 g/mol. The molecule has 0 radical (unpaired) electrons. The first-order valence-corrected chi connectivity index (χ1v) is 6.41. The molecule has 2 N–H and O–H groups in total. The first kappa shape index (κ1) is 14.6. The Bertz CT molecular complexity index is 668. The van der Waals surface area contributed by atoms with Gasteiger partial charge in [0.2, 0.25) is 0 Å². The van der Waals surface area contributed by atoms with E-state index >= 15 is 0 Å². The van der Waals surface area contributed by atoms with Crippen LogP contribution in [-0.2, 0) is 0 Å². The molecule has 0 heterocycles. The van der Waals surface area contributed by atoms with E-state index in [2.05, 4.69) is 0 Å². The lowest BCUT2D eigenvalue weighted by molar-refractivity contribution is 0.102. The van der Waals surface area contributed by atoms with Gasteiger partial charge in [-0.3, -0.25) is 4.79 Å². The number of amides is 1. The summed E-state index contributed by atoms with van der Waals surface area (Å²) < 4.78 is 40.0. The Balaban J connectivity index is 2.30. The molecule has 7 heteroatoms. The Morgan fingerprint density at radius 2 is 1.70 bits per heavy atom. The van der Waals surface area contributed by atoms with Gasteiger partial charge in [-0.1, -0.05) is 0 Å². The zero-order valence-corrected chi connectivity index (χ0v) is 11.9. The average Bonchev–Trinajstić information content (AvgIpc) is 2.36. The predicted molar refractivity (Wildman–Crippen MR) is 75.1 cm³/mol. The van der Waals surface area contributed by atoms with Crippen molar-refractivity contribution < 1.29 is 23.1 Å². The van der Waals surface area contributed by atoms with Gasteiger partial charge in [-0.25, -0.2) is 13.2 Å². The minimum atomic E-state index is -1.22. The maximum Gasteiger partial charge on any atom is 0.255 e. The number of halogens is 4. The minimum Gasteiger partial charge on any atom is -0.507 e. The maximum absolute atomic E-state index is 13.4. The normalized spacial score (nSPS) is 10.4. The number of anilines is 1. The molecule has 0 bridgehead atoms. The van der Waals surface area contributed by atoms with E-state index in [9.17, 15) is 23.1 Å². The summed E-state index contributed by atoms with van der Waals surface area (Å²) >= 11 is 1.86. The highest BCUT2D eigenvalue weighted by Crippen LogP contribution is 2.23. The summed E-state index contributed by atoms with van der Waals surface area (Å²) in [4.78, 5) is 11.8. The lowest BCUT2D eigenvalue weighted by Gasteiger charge is -2.08. The van der Waals surface area contributed by atoms with Crippen LogP contribution in [-0.4, -0.2) is 11.0 Å². The molecular formula is C13H7F3INO2. The second kappa shape index (κ2) is 5.70. The molecule has 3 nitrogen and oxygen atoms in total. The fraction of sp³-hybridized carbons (Fsp3) is 0. The number of aromatic hydroxyl groups is 1. The molecule has 0 saturated carbocycles. The third-order valence-corrected chi connectivity index (χ3v) is 3.37. The van der Waals surface area contributed by atoms with Gasteiger partial charge in [-0.15, -0.1) is 0 Å². The van der Waals surface area contributed by atoms with Crippen LogP contribution in [0.5, 0.6) is 5.75 Å². The monoisotopic (exact) mass is 393 g/mol. The lowest BCUT2D eigenvalue weighted by atomic mass is 10.2. The van der Waals surface area contributed by atoms with Crippen LogP contribution < -0.4 is 5.32 Å². The van der Waals surface area contributed by atoms with Crippen LogP contribution in [0.1, 0.15) is 10.4 Å². The van der Waals surface area contributed by atoms with Crippen molar-refractivity contribution in [1.29, 1.82) is 0 Å². The summed E-state index contributed by atoms with van der Waals surface area (Å²) in [5.41, 5.74) is -0.722. The van der Waals surface area contributed by atoms with Crippen LogP contribution >= 0.6 is 22.6 Å². The van der Waals surface area contributed by atoms with Crippen molar-refractivity contribution in [3.05, 3.63) is 56.9 Å². The van der Waals surface area contributed by atoms with Crippen molar-refractivity contribution in [1.82, 2.24) is 0 Å². The van der Waals surface area contributed by atoms with E-state index in [-0.39, 0.29) is 11.3 Å². The van der Waals surface area contributed by atoms with E-state index in [1.807, 2.05) is 27.9 Å². The third kappa shape index (κ3) is 3.03.